The number of hydrogen-bond donors (Lipinski definition) is 0. The molecule has 0 aliphatic heterocycles. The fourth-order valence-electron chi connectivity index (χ4n) is 5.59. The van der Waals surface area contributed by atoms with Crippen LogP contribution >= 0.6 is 0 Å². The molecule has 0 radical (unpaired) electrons. The third kappa shape index (κ3) is 6.56. The molecule has 1 aliphatic carbocycles. The second-order valence-electron chi connectivity index (χ2n) is 12.5. The van der Waals surface area contributed by atoms with E-state index in [0.29, 0.717) is 35.5 Å². The van der Waals surface area contributed by atoms with Gasteiger partial charge in [0.25, 0.3) is 5.91 Å². The van der Waals surface area contributed by atoms with E-state index in [1.54, 1.807) is 87.2 Å². The summed E-state index contributed by atoms with van der Waals surface area (Å²) in [6.45, 7) is 7.15. The van der Waals surface area contributed by atoms with Crippen molar-refractivity contribution in [1.82, 2.24) is 24.4 Å². The van der Waals surface area contributed by atoms with Crippen LogP contribution in [0.3, 0.4) is 0 Å². The maximum atomic E-state index is 14.3. The lowest BCUT2D eigenvalue weighted by Crippen LogP contribution is -2.27. The number of benzene rings is 2. The van der Waals surface area contributed by atoms with E-state index in [1.807, 2.05) is 13.0 Å². The maximum absolute atomic E-state index is 14.3. The molecule has 1 unspecified atom stereocenters. The van der Waals surface area contributed by atoms with Crippen molar-refractivity contribution in [2.75, 3.05) is 11.9 Å². The van der Waals surface area contributed by atoms with Gasteiger partial charge in [-0.25, -0.2) is 19.0 Å². The molecule has 244 valence electrons. The molecule has 10 nitrogen and oxygen atoms in total. The van der Waals surface area contributed by atoms with Gasteiger partial charge in [-0.05, 0) is 89.4 Å². The molecule has 0 spiro atoms. The molecule has 6 rings (SSSR count). The first-order valence-electron chi connectivity index (χ1n) is 15.1. The van der Waals surface area contributed by atoms with Crippen molar-refractivity contribution >= 4 is 23.2 Å². The van der Waals surface area contributed by atoms with E-state index in [2.05, 4.69) is 15.2 Å². The number of aryl methyl sites for hydroxylation is 1. The Bertz CT molecular complexity index is 1970. The standard InChI is InChI=1S/C34H33F3N6O4/c1-20-16-28-38-18-24(19-42(28)39-20)41(5)31(44)22-8-6-9-23(17-22)43-29-26(30(40-43)34(35,36)37)10-7-11-27(29)46-25-14-12-21(13-15-25)32(45)47-33(2,3)4/h6,8-9,12-19,27H,7,10-11H2,1-5H3. The van der Waals surface area contributed by atoms with Crippen molar-refractivity contribution in [1.29, 1.82) is 0 Å². The largest absolute Gasteiger partial charge is 0.484 e. The minimum Gasteiger partial charge on any atom is -0.484 e. The molecule has 47 heavy (non-hydrogen) atoms. The zero-order chi connectivity index (χ0) is 33.7. The fraction of sp³-hybridized carbons (Fsp3) is 0.324. The number of nitrogens with zero attached hydrogens (tertiary/aromatic N) is 6. The predicted octanol–water partition coefficient (Wildman–Crippen LogP) is 6.93. The summed E-state index contributed by atoms with van der Waals surface area (Å²) in [5.74, 6) is -0.517. The molecule has 2 aromatic carbocycles. The van der Waals surface area contributed by atoms with E-state index in [-0.39, 0.29) is 28.9 Å². The van der Waals surface area contributed by atoms with Gasteiger partial charge >= 0.3 is 12.1 Å². The van der Waals surface area contributed by atoms with E-state index >= 15 is 0 Å². The van der Waals surface area contributed by atoms with Crippen LogP contribution in [-0.2, 0) is 17.3 Å². The van der Waals surface area contributed by atoms with E-state index < -0.39 is 35.5 Å². The van der Waals surface area contributed by atoms with Crippen LogP contribution in [0.15, 0.2) is 67.0 Å². The van der Waals surface area contributed by atoms with Crippen molar-refractivity contribution in [2.45, 2.75) is 64.8 Å². The molecule has 0 saturated carbocycles. The molecule has 0 bridgehead atoms. The van der Waals surface area contributed by atoms with Gasteiger partial charge in [-0.3, -0.25) is 4.79 Å². The lowest BCUT2D eigenvalue weighted by Gasteiger charge is -2.26. The number of esters is 1. The Morgan fingerprint density at radius 1 is 1.00 bits per heavy atom. The number of hydrogen-bond acceptors (Lipinski definition) is 7. The van der Waals surface area contributed by atoms with Crippen LogP contribution in [0.1, 0.15) is 83.1 Å². The number of ether oxygens (including phenoxy) is 2. The van der Waals surface area contributed by atoms with Gasteiger partial charge in [0.05, 0.1) is 40.7 Å². The van der Waals surface area contributed by atoms with E-state index in [9.17, 15) is 22.8 Å². The van der Waals surface area contributed by atoms with Crippen molar-refractivity contribution in [2.24, 2.45) is 0 Å². The number of rotatable bonds is 6. The summed E-state index contributed by atoms with van der Waals surface area (Å²) in [5.41, 5.74) is 1.41. The zero-order valence-corrected chi connectivity index (χ0v) is 26.5. The monoisotopic (exact) mass is 646 g/mol. The van der Waals surface area contributed by atoms with Gasteiger partial charge in [0.1, 0.15) is 17.5 Å². The number of fused-ring (bicyclic) bond motifs is 2. The molecule has 0 fully saturated rings. The Morgan fingerprint density at radius 3 is 2.45 bits per heavy atom. The highest BCUT2D eigenvalue weighted by Gasteiger charge is 2.42. The third-order valence-electron chi connectivity index (χ3n) is 7.71. The molecule has 5 aromatic rings. The number of amides is 1. The van der Waals surface area contributed by atoms with Gasteiger partial charge in [-0.15, -0.1) is 0 Å². The van der Waals surface area contributed by atoms with E-state index in [1.165, 1.54) is 15.6 Å². The molecule has 3 aromatic heterocycles. The minimum atomic E-state index is -4.70. The molecule has 13 heteroatoms. The number of halogens is 3. The summed E-state index contributed by atoms with van der Waals surface area (Å²) in [5, 5.41) is 8.39. The first-order chi connectivity index (χ1) is 22.2. The van der Waals surface area contributed by atoms with Gasteiger partial charge in [-0.2, -0.15) is 23.4 Å². The van der Waals surface area contributed by atoms with Gasteiger partial charge < -0.3 is 14.4 Å². The van der Waals surface area contributed by atoms with Gasteiger partial charge in [0.2, 0.25) is 0 Å². The smallest absolute Gasteiger partial charge is 0.435 e. The van der Waals surface area contributed by atoms with Crippen molar-refractivity contribution < 1.29 is 32.2 Å². The summed E-state index contributed by atoms with van der Waals surface area (Å²) < 4.78 is 57.3. The Kier molecular flexibility index (Phi) is 8.02. The first kappa shape index (κ1) is 31.8. The van der Waals surface area contributed by atoms with Crippen LogP contribution in [0, 0.1) is 6.92 Å². The van der Waals surface area contributed by atoms with Gasteiger partial charge in [0, 0.05) is 24.2 Å². The number of anilines is 1. The Morgan fingerprint density at radius 2 is 1.74 bits per heavy atom. The van der Waals surface area contributed by atoms with Crippen LogP contribution in [-0.4, -0.2) is 48.9 Å². The highest BCUT2D eigenvalue weighted by atomic mass is 19.4. The number of carbonyl (C=O) groups excluding carboxylic acids is 2. The quantitative estimate of drug-likeness (QED) is 0.184. The molecular formula is C34H33F3N6O4. The highest BCUT2D eigenvalue weighted by molar-refractivity contribution is 6.06. The number of carbonyl (C=O) groups is 2. The Balaban J connectivity index is 1.32. The average Bonchev–Trinajstić information content (AvgIpc) is 3.60. The first-order valence-corrected chi connectivity index (χ1v) is 15.1. The second kappa shape index (κ2) is 11.9. The van der Waals surface area contributed by atoms with Crippen molar-refractivity contribution in [3.8, 4) is 11.4 Å². The fourth-order valence-corrected chi connectivity index (χ4v) is 5.59. The van der Waals surface area contributed by atoms with Crippen LogP contribution in [0.2, 0.25) is 0 Å². The summed E-state index contributed by atoms with van der Waals surface area (Å²) in [4.78, 5) is 31.8. The zero-order valence-electron chi connectivity index (χ0n) is 26.5. The second-order valence-corrected chi connectivity index (χ2v) is 12.5. The Hall–Kier alpha value is -5.20. The summed E-state index contributed by atoms with van der Waals surface area (Å²) in [6, 6.07) is 14.4. The topological polar surface area (TPSA) is 104 Å². The summed E-state index contributed by atoms with van der Waals surface area (Å²) >= 11 is 0. The van der Waals surface area contributed by atoms with Crippen LogP contribution in [0.5, 0.6) is 5.75 Å². The minimum absolute atomic E-state index is 0.0573. The number of alkyl halides is 3. The van der Waals surface area contributed by atoms with E-state index in [4.69, 9.17) is 9.47 Å². The number of aromatic nitrogens is 5. The molecule has 1 aliphatic rings. The molecule has 0 N–H and O–H groups in total. The third-order valence-corrected chi connectivity index (χ3v) is 7.71. The molecular weight excluding hydrogens is 613 g/mol. The predicted molar refractivity (Wildman–Crippen MR) is 167 cm³/mol. The van der Waals surface area contributed by atoms with Crippen LogP contribution in [0.25, 0.3) is 11.3 Å². The molecule has 0 saturated heterocycles. The lowest BCUT2D eigenvalue weighted by molar-refractivity contribution is -0.142. The van der Waals surface area contributed by atoms with Crippen LogP contribution in [0.4, 0.5) is 18.9 Å². The normalized spacial score (nSPS) is 14.9. The van der Waals surface area contributed by atoms with Gasteiger partial charge in [0.15, 0.2) is 11.3 Å². The summed E-state index contributed by atoms with van der Waals surface area (Å²) in [7, 11) is 1.59. The average molecular weight is 647 g/mol. The molecule has 1 atom stereocenters. The maximum Gasteiger partial charge on any atom is 0.435 e. The lowest BCUT2D eigenvalue weighted by atomic mass is 9.92. The SMILES string of the molecule is Cc1cc2ncc(N(C)C(=O)c3cccc(-n4nc(C(F)(F)F)c5c4C(Oc4ccc(C(=O)OC(C)(C)C)cc4)CCC5)c3)cn2n1. The molecule has 3 heterocycles. The van der Waals surface area contributed by atoms with E-state index in [0.717, 1.165) is 5.69 Å². The van der Waals surface area contributed by atoms with Gasteiger partial charge in [-0.1, -0.05) is 6.07 Å². The highest BCUT2D eigenvalue weighted by Crippen LogP contribution is 2.42. The van der Waals surface area contributed by atoms with Crippen LogP contribution < -0.4 is 9.64 Å². The summed E-state index contributed by atoms with van der Waals surface area (Å²) in [6.07, 6.45) is -1.17. The van der Waals surface area contributed by atoms with Crippen molar-refractivity contribution in [3.63, 3.8) is 0 Å². The Labute approximate surface area is 268 Å². The van der Waals surface area contributed by atoms with Crippen molar-refractivity contribution in [3.05, 3.63) is 101 Å². The molecule has 1 amide bonds.